The van der Waals surface area contributed by atoms with Crippen LogP contribution in [0.5, 0.6) is 0 Å². The Kier molecular flexibility index (Phi) is 3.57. The van der Waals surface area contributed by atoms with Crippen LogP contribution in [0.25, 0.3) is 11.3 Å². The largest absolute Gasteiger partial charge is 0.416 e. The topological polar surface area (TPSA) is 36.7 Å². The van der Waals surface area contributed by atoms with E-state index in [-0.39, 0.29) is 0 Å². The minimum absolute atomic E-state index is 0.585. The van der Waals surface area contributed by atoms with Crippen LogP contribution in [0.4, 0.5) is 13.2 Å². The van der Waals surface area contributed by atoms with E-state index in [1.54, 1.807) is 19.2 Å². The van der Waals surface area contributed by atoms with E-state index in [2.05, 4.69) is 11.1 Å². The molecule has 20 heavy (non-hydrogen) atoms. The number of nitriles is 1. The quantitative estimate of drug-likeness (QED) is 0.810. The lowest BCUT2D eigenvalue weighted by molar-refractivity contribution is -0.137. The summed E-state index contributed by atoms with van der Waals surface area (Å²) in [6.45, 7) is 3.50. The van der Waals surface area contributed by atoms with Crippen molar-refractivity contribution in [2.75, 3.05) is 0 Å². The average Bonchev–Trinajstić information content (AvgIpc) is 2.88. The number of alkyl halides is 3. The molecular weight excluding hydrogens is 285 g/mol. The highest BCUT2D eigenvalue weighted by molar-refractivity contribution is 7.10. The summed E-state index contributed by atoms with van der Waals surface area (Å²) in [6.07, 6.45) is -4.34. The van der Waals surface area contributed by atoms with Crippen molar-refractivity contribution in [3.8, 4) is 17.3 Å². The molecule has 6 heteroatoms. The summed E-state index contributed by atoms with van der Waals surface area (Å²) < 4.78 is 37.4. The van der Waals surface area contributed by atoms with Gasteiger partial charge in [-0.3, -0.25) is 0 Å². The van der Waals surface area contributed by atoms with Crippen molar-refractivity contribution in [3.63, 3.8) is 0 Å². The Hall–Kier alpha value is -1.87. The number of rotatable bonds is 2. The molecule has 0 aliphatic heterocycles. The fourth-order valence-corrected chi connectivity index (χ4v) is 2.47. The van der Waals surface area contributed by atoms with Gasteiger partial charge in [0.1, 0.15) is 10.4 Å². The maximum absolute atomic E-state index is 12.5. The lowest BCUT2D eigenvalue weighted by Gasteiger charge is -2.10. The van der Waals surface area contributed by atoms with Gasteiger partial charge in [0.15, 0.2) is 0 Å². The molecule has 1 aromatic carbocycles. The minimum Gasteiger partial charge on any atom is -0.240 e. The highest BCUT2D eigenvalue weighted by Gasteiger charge is 2.30. The van der Waals surface area contributed by atoms with Crippen molar-refractivity contribution in [1.82, 2.24) is 4.98 Å². The molecule has 2 aromatic rings. The first kappa shape index (κ1) is 14.5. The Morgan fingerprint density at radius 2 is 1.75 bits per heavy atom. The van der Waals surface area contributed by atoms with Crippen molar-refractivity contribution in [2.45, 2.75) is 25.4 Å². The summed E-state index contributed by atoms with van der Waals surface area (Å²) in [7, 11) is 0. The van der Waals surface area contributed by atoms with E-state index in [1.165, 1.54) is 23.5 Å². The van der Waals surface area contributed by atoms with Crippen LogP contribution in [-0.2, 0) is 11.6 Å². The van der Waals surface area contributed by atoms with Crippen LogP contribution in [-0.4, -0.2) is 4.98 Å². The molecule has 0 fully saturated rings. The predicted octanol–water partition coefficient (Wildman–Crippen LogP) is 4.63. The van der Waals surface area contributed by atoms with Crippen molar-refractivity contribution >= 4 is 11.3 Å². The standard InChI is InChI=1S/C14H11F3N2S/c1-13(2,8-18)12-19-11(7-20-12)9-3-5-10(6-4-9)14(15,16)17/h3-7H,1-2H3. The highest BCUT2D eigenvalue weighted by Crippen LogP contribution is 2.33. The molecule has 0 spiro atoms. The lowest BCUT2D eigenvalue weighted by atomic mass is 9.97. The molecule has 1 aromatic heterocycles. The van der Waals surface area contributed by atoms with Crippen LogP contribution in [0.1, 0.15) is 24.4 Å². The van der Waals surface area contributed by atoms with Gasteiger partial charge in [-0.25, -0.2) is 4.98 Å². The molecule has 0 amide bonds. The van der Waals surface area contributed by atoms with Crippen molar-refractivity contribution in [3.05, 3.63) is 40.2 Å². The highest BCUT2D eigenvalue weighted by atomic mass is 32.1. The average molecular weight is 296 g/mol. The summed E-state index contributed by atoms with van der Waals surface area (Å²) >= 11 is 1.33. The third-order valence-electron chi connectivity index (χ3n) is 2.83. The monoisotopic (exact) mass is 296 g/mol. The maximum atomic E-state index is 12.5. The fourth-order valence-electron chi connectivity index (χ4n) is 1.57. The lowest BCUT2D eigenvalue weighted by Crippen LogP contribution is -2.13. The molecule has 0 saturated carbocycles. The summed E-state index contributed by atoms with van der Waals surface area (Å²) in [5.74, 6) is 0. The van der Waals surface area contributed by atoms with E-state index in [1.807, 2.05) is 0 Å². The van der Waals surface area contributed by atoms with Crippen LogP contribution in [0.15, 0.2) is 29.6 Å². The second kappa shape index (κ2) is 4.91. The normalized spacial score (nSPS) is 12.2. The van der Waals surface area contributed by atoms with Crippen LogP contribution >= 0.6 is 11.3 Å². The summed E-state index contributed by atoms with van der Waals surface area (Å²) in [5, 5.41) is 11.4. The van der Waals surface area contributed by atoms with Gasteiger partial charge in [0.05, 0.1) is 17.3 Å². The van der Waals surface area contributed by atoms with Gasteiger partial charge in [-0.2, -0.15) is 18.4 Å². The van der Waals surface area contributed by atoms with Gasteiger partial charge < -0.3 is 0 Å². The van der Waals surface area contributed by atoms with E-state index >= 15 is 0 Å². The van der Waals surface area contributed by atoms with Gasteiger partial charge >= 0.3 is 6.18 Å². The zero-order valence-corrected chi connectivity index (χ0v) is 11.6. The Balaban J connectivity index is 2.32. The number of halogens is 3. The smallest absolute Gasteiger partial charge is 0.240 e. The zero-order valence-electron chi connectivity index (χ0n) is 10.8. The maximum Gasteiger partial charge on any atom is 0.416 e. The van der Waals surface area contributed by atoms with Crippen LogP contribution < -0.4 is 0 Å². The van der Waals surface area contributed by atoms with Crippen LogP contribution in [0, 0.1) is 11.3 Å². The van der Waals surface area contributed by atoms with Crippen molar-refractivity contribution in [1.29, 1.82) is 5.26 Å². The van der Waals surface area contributed by atoms with Gasteiger partial charge in [0.25, 0.3) is 0 Å². The van der Waals surface area contributed by atoms with E-state index in [0.717, 1.165) is 12.1 Å². The van der Waals surface area contributed by atoms with Crippen molar-refractivity contribution in [2.24, 2.45) is 0 Å². The van der Waals surface area contributed by atoms with E-state index < -0.39 is 17.2 Å². The van der Waals surface area contributed by atoms with Gasteiger partial charge in [-0.1, -0.05) is 12.1 Å². The van der Waals surface area contributed by atoms with E-state index in [9.17, 15) is 13.2 Å². The van der Waals surface area contributed by atoms with Crippen LogP contribution in [0.3, 0.4) is 0 Å². The first-order valence-corrected chi connectivity index (χ1v) is 6.67. The summed E-state index contributed by atoms with van der Waals surface area (Å²) in [6, 6.07) is 6.99. The third kappa shape index (κ3) is 2.83. The molecule has 2 nitrogen and oxygen atoms in total. The molecular formula is C14H11F3N2S. The molecule has 1 heterocycles. The molecule has 0 N–H and O–H groups in total. The fraction of sp³-hybridized carbons (Fsp3) is 0.286. The number of benzene rings is 1. The van der Waals surface area contributed by atoms with Gasteiger partial charge in [0.2, 0.25) is 0 Å². The molecule has 0 atom stereocenters. The molecule has 0 unspecified atom stereocenters. The van der Waals surface area contributed by atoms with Gasteiger partial charge in [0, 0.05) is 10.9 Å². The van der Waals surface area contributed by atoms with E-state index in [0.29, 0.717) is 16.3 Å². The number of hydrogen-bond donors (Lipinski definition) is 0. The Morgan fingerprint density at radius 3 is 2.25 bits per heavy atom. The van der Waals surface area contributed by atoms with Crippen molar-refractivity contribution < 1.29 is 13.2 Å². The number of nitrogens with zero attached hydrogens (tertiary/aromatic N) is 2. The molecule has 2 rings (SSSR count). The predicted molar refractivity (Wildman–Crippen MR) is 71.2 cm³/mol. The Labute approximate surface area is 118 Å². The molecule has 104 valence electrons. The molecule has 0 radical (unpaired) electrons. The first-order valence-electron chi connectivity index (χ1n) is 5.79. The first-order chi connectivity index (χ1) is 9.24. The SMILES string of the molecule is CC(C)(C#N)c1nc(-c2ccc(C(F)(F)F)cc2)cs1. The molecule has 0 aliphatic carbocycles. The van der Waals surface area contributed by atoms with Crippen LogP contribution in [0.2, 0.25) is 0 Å². The third-order valence-corrected chi connectivity index (χ3v) is 3.99. The molecule has 0 saturated heterocycles. The zero-order chi connectivity index (χ0) is 15.0. The molecule has 0 aliphatic rings. The summed E-state index contributed by atoms with van der Waals surface area (Å²) in [4.78, 5) is 4.33. The second-order valence-corrected chi connectivity index (χ2v) is 5.71. The number of aromatic nitrogens is 1. The Morgan fingerprint density at radius 1 is 1.15 bits per heavy atom. The van der Waals surface area contributed by atoms with E-state index in [4.69, 9.17) is 5.26 Å². The minimum atomic E-state index is -4.34. The second-order valence-electron chi connectivity index (χ2n) is 4.85. The number of hydrogen-bond acceptors (Lipinski definition) is 3. The Bertz CT molecular complexity index is 648. The number of thiazole rings is 1. The molecule has 0 bridgehead atoms. The summed E-state index contributed by atoms with van der Waals surface area (Å²) in [5.41, 5.74) is -0.195. The van der Waals surface area contributed by atoms with Gasteiger partial charge in [-0.05, 0) is 26.0 Å². The van der Waals surface area contributed by atoms with Gasteiger partial charge in [-0.15, -0.1) is 11.3 Å².